The van der Waals surface area contributed by atoms with E-state index in [1.165, 1.54) is 0 Å². The minimum absolute atomic E-state index is 0.0339. The number of nitriles is 1. The summed E-state index contributed by atoms with van der Waals surface area (Å²) >= 11 is 0. The Morgan fingerprint density at radius 1 is 1.30 bits per heavy atom. The van der Waals surface area contributed by atoms with Crippen molar-refractivity contribution in [3.05, 3.63) is 59.3 Å². The Morgan fingerprint density at radius 3 is 2.65 bits per heavy atom. The summed E-state index contributed by atoms with van der Waals surface area (Å²) in [5.74, 6) is -0.151. The van der Waals surface area contributed by atoms with E-state index in [2.05, 4.69) is 16.4 Å². The van der Waals surface area contributed by atoms with Gasteiger partial charge in [-0.15, -0.1) is 0 Å². The molecule has 5 heteroatoms. The van der Waals surface area contributed by atoms with E-state index in [1.807, 2.05) is 30.3 Å². The van der Waals surface area contributed by atoms with Gasteiger partial charge in [-0.2, -0.15) is 5.26 Å². The average Bonchev–Trinajstić information content (AvgIpc) is 2.54. The maximum atomic E-state index is 10.9. The molecule has 0 amide bonds. The van der Waals surface area contributed by atoms with Crippen molar-refractivity contribution in [2.45, 2.75) is 32.2 Å². The SMILES string of the molecule is Cc1nc(NC(CCC(=O)O)Cc2ccccc2)ccc1C#N. The molecule has 0 bridgehead atoms. The first-order chi connectivity index (χ1) is 11.1. The van der Waals surface area contributed by atoms with Crippen LogP contribution in [0.1, 0.15) is 29.7 Å². The fraction of sp³-hybridized carbons (Fsp3) is 0.278. The summed E-state index contributed by atoms with van der Waals surface area (Å²) in [5, 5.41) is 21.2. The Hall–Kier alpha value is -2.87. The lowest BCUT2D eigenvalue weighted by Gasteiger charge is -2.19. The van der Waals surface area contributed by atoms with Gasteiger partial charge < -0.3 is 10.4 Å². The number of aryl methyl sites for hydroxylation is 1. The number of rotatable bonds is 7. The third-order valence-corrected chi connectivity index (χ3v) is 3.59. The van der Waals surface area contributed by atoms with Crippen LogP contribution in [0.15, 0.2) is 42.5 Å². The Kier molecular flexibility index (Phi) is 5.70. The van der Waals surface area contributed by atoms with Crippen molar-refractivity contribution in [2.24, 2.45) is 0 Å². The molecule has 1 heterocycles. The van der Waals surface area contributed by atoms with Crippen LogP contribution in [-0.4, -0.2) is 22.1 Å². The zero-order chi connectivity index (χ0) is 16.7. The van der Waals surface area contributed by atoms with Crippen LogP contribution in [0.2, 0.25) is 0 Å². The molecule has 0 saturated heterocycles. The van der Waals surface area contributed by atoms with Crippen molar-refractivity contribution in [3.8, 4) is 6.07 Å². The first kappa shape index (κ1) is 16.5. The number of hydrogen-bond donors (Lipinski definition) is 2. The molecule has 1 unspecified atom stereocenters. The molecule has 0 radical (unpaired) electrons. The summed E-state index contributed by atoms with van der Waals surface area (Å²) in [5.41, 5.74) is 2.34. The number of anilines is 1. The average molecular weight is 309 g/mol. The van der Waals surface area contributed by atoms with Crippen molar-refractivity contribution >= 4 is 11.8 Å². The molecule has 0 aliphatic heterocycles. The topological polar surface area (TPSA) is 86.0 Å². The number of benzene rings is 1. The van der Waals surface area contributed by atoms with Crippen LogP contribution >= 0.6 is 0 Å². The summed E-state index contributed by atoms with van der Waals surface area (Å²) < 4.78 is 0. The molecule has 0 saturated carbocycles. The van der Waals surface area contributed by atoms with Gasteiger partial charge in [0.05, 0.1) is 11.3 Å². The van der Waals surface area contributed by atoms with E-state index in [4.69, 9.17) is 10.4 Å². The standard InChI is InChI=1S/C18H19N3O2/c1-13-15(12-19)7-9-17(20-13)21-16(8-10-18(22)23)11-14-5-3-2-4-6-14/h2-7,9,16H,8,10-11H2,1H3,(H,20,21)(H,22,23). The second-order valence-corrected chi connectivity index (χ2v) is 5.40. The smallest absolute Gasteiger partial charge is 0.303 e. The highest BCUT2D eigenvalue weighted by atomic mass is 16.4. The van der Waals surface area contributed by atoms with Crippen molar-refractivity contribution < 1.29 is 9.90 Å². The van der Waals surface area contributed by atoms with Gasteiger partial charge in [0, 0.05) is 12.5 Å². The first-order valence-electron chi connectivity index (χ1n) is 7.48. The highest BCUT2D eigenvalue weighted by Gasteiger charge is 2.13. The van der Waals surface area contributed by atoms with E-state index in [-0.39, 0.29) is 12.5 Å². The second-order valence-electron chi connectivity index (χ2n) is 5.40. The molecule has 2 N–H and O–H groups in total. The molecule has 2 rings (SSSR count). The van der Waals surface area contributed by atoms with Crippen LogP contribution in [0.25, 0.3) is 0 Å². The molecule has 0 aliphatic carbocycles. The minimum atomic E-state index is -0.811. The molecule has 118 valence electrons. The molecule has 1 aromatic carbocycles. The van der Waals surface area contributed by atoms with E-state index in [1.54, 1.807) is 19.1 Å². The number of carboxylic acid groups (broad SMARTS) is 1. The number of nitrogens with zero attached hydrogens (tertiary/aromatic N) is 2. The normalized spacial score (nSPS) is 11.5. The molecule has 0 spiro atoms. The Labute approximate surface area is 135 Å². The number of aliphatic carboxylic acids is 1. The third-order valence-electron chi connectivity index (χ3n) is 3.59. The maximum Gasteiger partial charge on any atom is 0.303 e. The molecule has 0 fully saturated rings. The quantitative estimate of drug-likeness (QED) is 0.820. The number of hydrogen-bond acceptors (Lipinski definition) is 4. The number of aromatic nitrogens is 1. The summed E-state index contributed by atoms with van der Waals surface area (Å²) in [4.78, 5) is 15.2. The van der Waals surface area contributed by atoms with Gasteiger partial charge in [0.2, 0.25) is 0 Å². The molecule has 0 aliphatic rings. The van der Waals surface area contributed by atoms with Crippen LogP contribution in [0, 0.1) is 18.3 Å². The Bertz CT molecular complexity index is 708. The van der Waals surface area contributed by atoms with Gasteiger partial charge in [0.15, 0.2) is 0 Å². The minimum Gasteiger partial charge on any atom is -0.481 e. The van der Waals surface area contributed by atoms with E-state index >= 15 is 0 Å². The molecule has 2 aromatic rings. The highest BCUT2D eigenvalue weighted by molar-refractivity contribution is 5.66. The molecule has 5 nitrogen and oxygen atoms in total. The lowest BCUT2D eigenvalue weighted by Crippen LogP contribution is -2.24. The summed E-state index contributed by atoms with van der Waals surface area (Å²) in [6, 6.07) is 15.5. The molecular formula is C18H19N3O2. The van der Waals surface area contributed by atoms with E-state index in [0.717, 1.165) is 12.0 Å². The molecule has 23 heavy (non-hydrogen) atoms. The van der Waals surface area contributed by atoms with Crippen LogP contribution in [0.3, 0.4) is 0 Å². The van der Waals surface area contributed by atoms with Gasteiger partial charge >= 0.3 is 5.97 Å². The monoisotopic (exact) mass is 309 g/mol. The van der Waals surface area contributed by atoms with Gasteiger partial charge in [-0.05, 0) is 37.5 Å². The van der Waals surface area contributed by atoms with Crippen molar-refractivity contribution in [2.75, 3.05) is 5.32 Å². The maximum absolute atomic E-state index is 10.9. The van der Waals surface area contributed by atoms with Crippen molar-refractivity contribution in [3.63, 3.8) is 0 Å². The van der Waals surface area contributed by atoms with E-state index in [9.17, 15) is 4.79 Å². The number of carbonyl (C=O) groups is 1. The van der Waals surface area contributed by atoms with Gasteiger partial charge in [0.25, 0.3) is 0 Å². The predicted octanol–water partition coefficient (Wildman–Crippen LogP) is 3.15. The van der Waals surface area contributed by atoms with E-state index in [0.29, 0.717) is 23.5 Å². The van der Waals surface area contributed by atoms with Crippen LogP contribution in [-0.2, 0) is 11.2 Å². The highest BCUT2D eigenvalue weighted by Crippen LogP contribution is 2.15. The molecular weight excluding hydrogens is 290 g/mol. The van der Waals surface area contributed by atoms with Crippen molar-refractivity contribution in [1.29, 1.82) is 5.26 Å². The molecule has 1 atom stereocenters. The number of pyridine rings is 1. The number of nitrogens with one attached hydrogen (secondary N) is 1. The predicted molar refractivity (Wildman–Crippen MR) is 88.1 cm³/mol. The van der Waals surface area contributed by atoms with Gasteiger partial charge in [-0.25, -0.2) is 4.98 Å². The van der Waals surface area contributed by atoms with Crippen LogP contribution in [0.5, 0.6) is 0 Å². The van der Waals surface area contributed by atoms with E-state index < -0.39 is 5.97 Å². The fourth-order valence-corrected chi connectivity index (χ4v) is 2.39. The van der Waals surface area contributed by atoms with Gasteiger partial charge in [-0.1, -0.05) is 30.3 Å². The zero-order valence-electron chi connectivity index (χ0n) is 13.0. The largest absolute Gasteiger partial charge is 0.481 e. The van der Waals surface area contributed by atoms with Gasteiger partial charge in [-0.3, -0.25) is 4.79 Å². The lowest BCUT2D eigenvalue weighted by atomic mass is 10.0. The second kappa shape index (κ2) is 7.95. The fourth-order valence-electron chi connectivity index (χ4n) is 2.39. The number of carboxylic acids is 1. The molecule has 1 aromatic heterocycles. The zero-order valence-corrected chi connectivity index (χ0v) is 13.0. The Balaban J connectivity index is 2.11. The Morgan fingerprint density at radius 2 is 2.04 bits per heavy atom. The van der Waals surface area contributed by atoms with Crippen molar-refractivity contribution in [1.82, 2.24) is 4.98 Å². The summed E-state index contributed by atoms with van der Waals surface area (Å²) in [6.45, 7) is 1.78. The van der Waals surface area contributed by atoms with Crippen LogP contribution < -0.4 is 5.32 Å². The van der Waals surface area contributed by atoms with Gasteiger partial charge in [0.1, 0.15) is 11.9 Å². The first-order valence-corrected chi connectivity index (χ1v) is 7.48. The van der Waals surface area contributed by atoms with Crippen LogP contribution in [0.4, 0.5) is 5.82 Å². The summed E-state index contributed by atoms with van der Waals surface area (Å²) in [6.07, 6.45) is 1.32. The lowest BCUT2D eigenvalue weighted by molar-refractivity contribution is -0.137. The summed E-state index contributed by atoms with van der Waals surface area (Å²) in [7, 11) is 0. The third kappa shape index (κ3) is 5.11.